The van der Waals surface area contributed by atoms with E-state index in [0.29, 0.717) is 11.4 Å². The Bertz CT molecular complexity index is 750. The highest BCUT2D eigenvalue weighted by Gasteiger charge is 2.13. The molecule has 0 saturated carbocycles. The van der Waals surface area contributed by atoms with E-state index in [1.165, 1.54) is 6.07 Å². The fraction of sp³-hybridized carbons (Fsp3) is 0.200. The van der Waals surface area contributed by atoms with Crippen molar-refractivity contribution in [2.75, 3.05) is 5.32 Å². The molecule has 0 bridgehead atoms. The SMILES string of the molecule is Cc1cc2c(NC(C)c3ccccc3F)nccn2n1. The van der Waals surface area contributed by atoms with Crippen LogP contribution in [0.15, 0.2) is 42.7 Å². The summed E-state index contributed by atoms with van der Waals surface area (Å²) < 4.78 is 15.5. The number of nitrogens with one attached hydrogen (secondary N) is 1. The zero-order valence-corrected chi connectivity index (χ0v) is 11.3. The van der Waals surface area contributed by atoms with Gasteiger partial charge >= 0.3 is 0 Å². The summed E-state index contributed by atoms with van der Waals surface area (Å²) in [5.41, 5.74) is 2.42. The molecule has 0 radical (unpaired) electrons. The smallest absolute Gasteiger partial charge is 0.152 e. The molecule has 0 fully saturated rings. The van der Waals surface area contributed by atoms with E-state index < -0.39 is 0 Å². The summed E-state index contributed by atoms with van der Waals surface area (Å²) >= 11 is 0. The van der Waals surface area contributed by atoms with Gasteiger partial charge in [0.25, 0.3) is 0 Å². The van der Waals surface area contributed by atoms with E-state index in [2.05, 4.69) is 15.4 Å². The van der Waals surface area contributed by atoms with Crippen molar-refractivity contribution >= 4 is 11.3 Å². The molecule has 0 amide bonds. The zero-order valence-electron chi connectivity index (χ0n) is 11.3. The fourth-order valence-electron chi connectivity index (χ4n) is 2.26. The average Bonchev–Trinajstić information content (AvgIpc) is 2.80. The van der Waals surface area contributed by atoms with Crippen LogP contribution in [0.1, 0.15) is 24.2 Å². The monoisotopic (exact) mass is 270 g/mol. The number of aryl methyl sites for hydroxylation is 1. The fourth-order valence-corrected chi connectivity index (χ4v) is 2.26. The summed E-state index contributed by atoms with van der Waals surface area (Å²) in [7, 11) is 0. The summed E-state index contributed by atoms with van der Waals surface area (Å²) in [4.78, 5) is 4.32. The summed E-state index contributed by atoms with van der Waals surface area (Å²) in [6.45, 7) is 3.84. The highest BCUT2D eigenvalue weighted by molar-refractivity contribution is 5.68. The summed E-state index contributed by atoms with van der Waals surface area (Å²) in [6.07, 6.45) is 3.47. The highest BCUT2D eigenvalue weighted by Crippen LogP contribution is 2.23. The molecule has 1 aromatic carbocycles. The van der Waals surface area contributed by atoms with Gasteiger partial charge in [-0.1, -0.05) is 18.2 Å². The van der Waals surface area contributed by atoms with Crippen molar-refractivity contribution in [3.05, 3.63) is 59.8 Å². The highest BCUT2D eigenvalue weighted by atomic mass is 19.1. The first-order valence-electron chi connectivity index (χ1n) is 6.47. The minimum atomic E-state index is -0.218. The van der Waals surface area contributed by atoms with Gasteiger partial charge in [0.15, 0.2) is 5.82 Å². The number of fused-ring (bicyclic) bond motifs is 1. The van der Waals surface area contributed by atoms with E-state index in [9.17, 15) is 4.39 Å². The number of hydrogen-bond acceptors (Lipinski definition) is 3. The third kappa shape index (κ3) is 2.22. The van der Waals surface area contributed by atoms with Crippen LogP contribution >= 0.6 is 0 Å². The topological polar surface area (TPSA) is 42.2 Å². The molecule has 1 atom stereocenters. The van der Waals surface area contributed by atoms with E-state index in [0.717, 1.165) is 11.2 Å². The number of halogens is 1. The Kier molecular flexibility index (Phi) is 3.10. The molecule has 102 valence electrons. The molecular weight excluding hydrogens is 255 g/mol. The Labute approximate surface area is 116 Å². The lowest BCUT2D eigenvalue weighted by atomic mass is 10.1. The maximum atomic E-state index is 13.8. The van der Waals surface area contributed by atoms with Gasteiger partial charge in [0.05, 0.1) is 11.7 Å². The maximum Gasteiger partial charge on any atom is 0.152 e. The van der Waals surface area contributed by atoms with Gasteiger partial charge in [-0.2, -0.15) is 5.10 Å². The predicted octanol–water partition coefficient (Wildman–Crippen LogP) is 3.35. The molecule has 1 unspecified atom stereocenters. The number of aromatic nitrogens is 3. The molecule has 0 spiro atoms. The second kappa shape index (κ2) is 4.92. The zero-order chi connectivity index (χ0) is 14.1. The van der Waals surface area contributed by atoms with E-state index in [1.54, 1.807) is 29.0 Å². The molecule has 5 heteroatoms. The van der Waals surface area contributed by atoms with Gasteiger partial charge in [-0.15, -0.1) is 0 Å². The normalized spacial score (nSPS) is 12.6. The van der Waals surface area contributed by atoms with Crippen LogP contribution in [0.25, 0.3) is 5.52 Å². The van der Waals surface area contributed by atoms with Crippen molar-refractivity contribution in [2.45, 2.75) is 19.9 Å². The van der Waals surface area contributed by atoms with Crippen molar-refractivity contribution in [3.63, 3.8) is 0 Å². The Balaban J connectivity index is 1.95. The van der Waals surface area contributed by atoms with Gasteiger partial charge in [0.1, 0.15) is 11.3 Å². The predicted molar refractivity (Wildman–Crippen MR) is 76.2 cm³/mol. The van der Waals surface area contributed by atoms with E-state index >= 15 is 0 Å². The van der Waals surface area contributed by atoms with Gasteiger partial charge in [-0.3, -0.25) is 0 Å². The molecular formula is C15H15FN4. The third-order valence-corrected chi connectivity index (χ3v) is 3.24. The van der Waals surface area contributed by atoms with Gasteiger partial charge in [-0.05, 0) is 26.0 Å². The van der Waals surface area contributed by atoms with Crippen molar-refractivity contribution in [2.24, 2.45) is 0 Å². The first-order valence-corrected chi connectivity index (χ1v) is 6.47. The Morgan fingerprint density at radius 1 is 1.30 bits per heavy atom. The number of benzene rings is 1. The van der Waals surface area contributed by atoms with Gasteiger partial charge in [0.2, 0.25) is 0 Å². The average molecular weight is 270 g/mol. The molecule has 1 N–H and O–H groups in total. The lowest BCUT2D eigenvalue weighted by molar-refractivity contribution is 0.600. The molecule has 0 saturated heterocycles. The molecule has 0 aliphatic heterocycles. The van der Waals surface area contributed by atoms with Crippen LogP contribution in [0.5, 0.6) is 0 Å². The number of nitrogens with zero attached hydrogens (tertiary/aromatic N) is 3. The summed E-state index contributed by atoms with van der Waals surface area (Å²) in [5, 5.41) is 7.58. The van der Waals surface area contributed by atoms with Crippen molar-refractivity contribution in [1.82, 2.24) is 14.6 Å². The Morgan fingerprint density at radius 2 is 2.10 bits per heavy atom. The lowest BCUT2D eigenvalue weighted by Gasteiger charge is -2.16. The molecule has 2 aromatic heterocycles. The van der Waals surface area contributed by atoms with Crippen LogP contribution in [-0.2, 0) is 0 Å². The van der Waals surface area contributed by atoms with E-state index in [4.69, 9.17) is 0 Å². The van der Waals surface area contributed by atoms with Crippen LogP contribution < -0.4 is 5.32 Å². The van der Waals surface area contributed by atoms with Crippen molar-refractivity contribution < 1.29 is 4.39 Å². The Hall–Kier alpha value is -2.43. The largest absolute Gasteiger partial charge is 0.362 e. The van der Waals surface area contributed by atoms with Gasteiger partial charge < -0.3 is 5.32 Å². The van der Waals surface area contributed by atoms with Crippen LogP contribution in [0.2, 0.25) is 0 Å². The first kappa shape index (κ1) is 12.6. The standard InChI is InChI=1S/C15H15FN4/c1-10-9-14-15(17-7-8-20(14)19-10)18-11(2)12-5-3-4-6-13(12)16/h3-9,11H,1-2H3,(H,17,18). The number of anilines is 1. The van der Waals surface area contributed by atoms with E-state index in [-0.39, 0.29) is 11.9 Å². The quantitative estimate of drug-likeness (QED) is 0.793. The Morgan fingerprint density at radius 3 is 2.90 bits per heavy atom. The lowest BCUT2D eigenvalue weighted by Crippen LogP contribution is -2.10. The second-order valence-electron chi connectivity index (χ2n) is 4.78. The molecule has 20 heavy (non-hydrogen) atoms. The van der Waals surface area contributed by atoms with Crippen LogP contribution in [0.3, 0.4) is 0 Å². The second-order valence-corrected chi connectivity index (χ2v) is 4.78. The molecule has 3 aromatic rings. The molecule has 0 aliphatic rings. The van der Waals surface area contributed by atoms with Crippen LogP contribution in [0, 0.1) is 12.7 Å². The first-order chi connectivity index (χ1) is 9.65. The van der Waals surface area contributed by atoms with Crippen LogP contribution in [-0.4, -0.2) is 14.6 Å². The van der Waals surface area contributed by atoms with E-state index in [1.807, 2.05) is 26.0 Å². The number of rotatable bonds is 3. The van der Waals surface area contributed by atoms with Crippen molar-refractivity contribution in [3.8, 4) is 0 Å². The molecule has 0 aliphatic carbocycles. The molecule has 2 heterocycles. The van der Waals surface area contributed by atoms with Gasteiger partial charge in [-0.25, -0.2) is 13.9 Å². The molecule has 4 nitrogen and oxygen atoms in total. The molecule has 3 rings (SSSR count). The van der Waals surface area contributed by atoms with Crippen molar-refractivity contribution in [1.29, 1.82) is 0 Å². The minimum absolute atomic E-state index is 0.176. The third-order valence-electron chi connectivity index (χ3n) is 3.24. The minimum Gasteiger partial charge on any atom is -0.362 e. The van der Waals surface area contributed by atoms with Crippen LogP contribution in [0.4, 0.5) is 10.2 Å². The van der Waals surface area contributed by atoms with Gasteiger partial charge in [0, 0.05) is 18.0 Å². The summed E-state index contributed by atoms with van der Waals surface area (Å²) in [5.74, 6) is 0.480. The number of hydrogen-bond donors (Lipinski definition) is 1. The summed E-state index contributed by atoms with van der Waals surface area (Å²) in [6, 6.07) is 8.52. The maximum absolute atomic E-state index is 13.8.